The van der Waals surface area contributed by atoms with Gasteiger partial charge >= 0.3 is 0 Å². The molecule has 0 fully saturated rings. The fraction of sp³-hybridized carbons (Fsp3) is 0.474. The molecule has 0 aliphatic carbocycles. The minimum absolute atomic E-state index is 0.216. The van der Waals surface area contributed by atoms with E-state index in [9.17, 15) is 4.79 Å². The van der Waals surface area contributed by atoms with E-state index in [-0.39, 0.29) is 11.9 Å². The number of nitrogens with one attached hydrogen (secondary N) is 1. The highest BCUT2D eigenvalue weighted by molar-refractivity contribution is 6.33. The molecule has 0 aliphatic heterocycles. The molecule has 25 heavy (non-hydrogen) atoms. The molecule has 0 spiro atoms. The molecular formula is C19H26ClN3O2. The van der Waals surface area contributed by atoms with Crippen LogP contribution in [0.3, 0.4) is 0 Å². The lowest BCUT2D eigenvalue weighted by Crippen LogP contribution is -2.27. The Balaban J connectivity index is 2.25. The Hall–Kier alpha value is -2.01. The molecule has 0 saturated heterocycles. The van der Waals surface area contributed by atoms with E-state index in [0.29, 0.717) is 28.9 Å². The number of amides is 1. The van der Waals surface area contributed by atoms with Gasteiger partial charge in [0, 0.05) is 12.1 Å². The maximum Gasteiger partial charge on any atom is 0.256 e. The van der Waals surface area contributed by atoms with Crippen molar-refractivity contribution in [2.75, 3.05) is 7.11 Å². The van der Waals surface area contributed by atoms with Gasteiger partial charge in [-0.05, 0) is 32.8 Å². The Kier molecular flexibility index (Phi) is 6.11. The van der Waals surface area contributed by atoms with E-state index >= 15 is 0 Å². The van der Waals surface area contributed by atoms with Crippen LogP contribution < -0.4 is 10.1 Å². The number of hydrogen-bond acceptors (Lipinski definition) is 3. The molecule has 5 nitrogen and oxygen atoms in total. The summed E-state index contributed by atoms with van der Waals surface area (Å²) in [6.07, 6.45) is 0. The SMILES string of the molecule is COc1ccc(C)cc1[C@@H](C)NC(=O)c1c(C)nn(CC(C)C)c1Cl. The van der Waals surface area contributed by atoms with Gasteiger partial charge in [0.15, 0.2) is 0 Å². The van der Waals surface area contributed by atoms with E-state index in [0.717, 1.165) is 16.9 Å². The molecular weight excluding hydrogens is 338 g/mol. The lowest BCUT2D eigenvalue weighted by molar-refractivity contribution is 0.0939. The quantitative estimate of drug-likeness (QED) is 0.832. The van der Waals surface area contributed by atoms with Gasteiger partial charge in [-0.25, -0.2) is 0 Å². The largest absolute Gasteiger partial charge is 0.496 e. The molecule has 1 aromatic carbocycles. The third kappa shape index (κ3) is 4.34. The molecule has 1 atom stereocenters. The average molecular weight is 364 g/mol. The van der Waals surface area contributed by atoms with Crippen molar-refractivity contribution in [2.45, 2.75) is 47.2 Å². The summed E-state index contributed by atoms with van der Waals surface area (Å²) in [5, 5.41) is 7.79. The number of halogens is 1. The second kappa shape index (κ2) is 7.91. The van der Waals surface area contributed by atoms with E-state index in [1.54, 1.807) is 18.7 Å². The zero-order valence-electron chi connectivity index (χ0n) is 15.7. The van der Waals surface area contributed by atoms with Gasteiger partial charge in [-0.15, -0.1) is 0 Å². The number of carbonyl (C=O) groups is 1. The zero-order chi connectivity index (χ0) is 18.7. The molecule has 0 bridgehead atoms. The van der Waals surface area contributed by atoms with Crippen molar-refractivity contribution in [3.05, 3.63) is 45.7 Å². The number of aryl methyl sites for hydroxylation is 2. The third-order valence-corrected chi connectivity index (χ3v) is 4.41. The first-order chi connectivity index (χ1) is 11.7. The predicted octanol–water partition coefficient (Wildman–Crippen LogP) is 4.31. The van der Waals surface area contributed by atoms with Crippen LogP contribution in [0.15, 0.2) is 18.2 Å². The molecule has 136 valence electrons. The summed E-state index contributed by atoms with van der Waals surface area (Å²) in [7, 11) is 1.62. The van der Waals surface area contributed by atoms with Crippen LogP contribution in [0.2, 0.25) is 5.15 Å². The Labute approximate surface area is 154 Å². The summed E-state index contributed by atoms with van der Waals surface area (Å²) in [5.41, 5.74) is 3.10. The number of hydrogen-bond donors (Lipinski definition) is 1. The van der Waals surface area contributed by atoms with Gasteiger partial charge in [0.25, 0.3) is 5.91 Å². The minimum atomic E-state index is -0.228. The van der Waals surface area contributed by atoms with Gasteiger partial charge in [0.1, 0.15) is 10.9 Å². The Morgan fingerprint density at radius 2 is 2.00 bits per heavy atom. The fourth-order valence-electron chi connectivity index (χ4n) is 2.82. The molecule has 0 saturated carbocycles. The van der Waals surface area contributed by atoms with Crippen molar-refractivity contribution in [3.8, 4) is 5.75 Å². The zero-order valence-corrected chi connectivity index (χ0v) is 16.4. The summed E-state index contributed by atoms with van der Waals surface area (Å²) in [4.78, 5) is 12.8. The third-order valence-electron chi connectivity index (χ3n) is 4.03. The highest BCUT2D eigenvalue weighted by Crippen LogP contribution is 2.27. The smallest absolute Gasteiger partial charge is 0.256 e. The van der Waals surface area contributed by atoms with Crippen LogP contribution in [0.5, 0.6) is 5.75 Å². The molecule has 1 aromatic heterocycles. The highest BCUT2D eigenvalue weighted by atomic mass is 35.5. The second-order valence-corrected chi connectivity index (χ2v) is 7.13. The van der Waals surface area contributed by atoms with Gasteiger partial charge in [0.2, 0.25) is 0 Å². The number of nitrogens with zero attached hydrogens (tertiary/aromatic N) is 2. The summed E-state index contributed by atoms with van der Waals surface area (Å²) in [6, 6.07) is 5.69. The molecule has 2 rings (SSSR count). The number of carbonyl (C=O) groups excluding carboxylic acids is 1. The fourth-order valence-corrected chi connectivity index (χ4v) is 3.15. The van der Waals surface area contributed by atoms with E-state index in [1.807, 2.05) is 32.0 Å². The summed E-state index contributed by atoms with van der Waals surface area (Å²) in [6.45, 7) is 10.6. The first kappa shape index (κ1) is 19.3. The van der Waals surface area contributed by atoms with Crippen molar-refractivity contribution < 1.29 is 9.53 Å². The molecule has 1 N–H and O–H groups in total. The lowest BCUT2D eigenvalue weighted by Gasteiger charge is -2.18. The van der Waals surface area contributed by atoms with Gasteiger partial charge in [-0.1, -0.05) is 43.1 Å². The minimum Gasteiger partial charge on any atom is -0.496 e. The van der Waals surface area contributed by atoms with Crippen LogP contribution in [0.25, 0.3) is 0 Å². The van der Waals surface area contributed by atoms with Crippen molar-refractivity contribution in [2.24, 2.45) is 5.92 Å². The van der Waals surface area contributed by atoms with Crippen molar-refractivity contribution in [1.29, 1.82) is 0 Å². The maximum atomic E-state index is 12.8. The summed E-state index contributed by atoms with van der Waals surface area (Å²) in [5.74, 6) is 0.911. The highest BCUT2D eigenvalue weighted by Gasteiger charge is 2.23. The molecule has 1 heterocycles. The number of rotatable bonds is 6. The normalized spacial score (nSPS) is 12.3. The van der Waals surface area contributed by atoms with Crippen molar-refractivity contribution >= 4 is 17.5 Å². The van der Waals surface area contributed by atoms with Crippen molar-refractivity contribution in [1.82, 2.24) is 15.1 Å². The number of ether oxygens (including phenoxy) is 1. The summed E-state index contributed by atoms with van der Waals surface area (Å²) < 4.78 is 7.10. The van der Waals surface area contributed by atoms with Crippen LogP contribution >= 0.6 is 11.6 Å². The van der Waals surface area contributed by atoms with Gasteiger partial charge in [-0.2, -0.15) is 5.10 Å². The Bertz CT molecular complexity index is 768. The molecule has 1 amide bonds. The Morgan fingerprint density at radius 3 is 2.60 bits per heavy atom. The van der Waals surface area contributed by atoms with Crippen molar-refractivity contribution in [3.63, 3.8) is 0 Å². The van der Waals surface area contributed by atoms with Crippen LogP contribution in [-0.4, -0.2) is 22.8 Å². The molecule has 0 aliphatic rings. The van der Waals surface area contributed by atoms with Crippen LogP contribution in [0.4, 0.5) is 0 Å². The summed E-state index contributed by atoms with van der Waals surface area (Å²) >= 11 is 6.40. The topological polar surface area (TPSA) is 56.1 Å². The first-order valence-corrected chi connectivity index (χ1v) is 8.80. The molecule has 0 radical (unpaired) electrons. The van der Waals surface area contributed by atoms with E-state index in [4.69, 9.17) is 16.3 Å². The van der Waals surface area contributed by atoms with E-state index in [2.05, 4.69) is 24.3 Å². The average Bonchev–Trinajstić information content (AvgIpc) is 2.80. The van der Waals surface area contributed by atoms with E-state index in [1.165, 1.54) is 0 Å². The van der Waals surface area contributed by atoms with Gasteiger partial charge in [0.05, 0.1) is 24.4 Å². The Morgan fingerprint density at radius 1 is 1.32 bits per heavy atom. The van der Waals surface area contributed by atoms with Crippen LogP contribution in [0.1, 0.15) is 54.0 Å². The van der Waals surface area contributed by atoms with Crippen LogP contribution in [-0.2, 0) is 6.54 Å². The first-order valence-electron chi connectivity index (χ1n) is 8.42. The predicted molar refractivity (Wildman–Crippen MR) is 100 cm³/mol. The monoisotopic (exact) mass is 363 g/mol. The number of benzene rings is 1. The second-order valence-electron chi connectivity index (χ2n) is 6.77. The molecule has 2 aromatic rings. The number of methoxy groups -OCH3 is 1. The van der Waals surface area contributed by atoms with Gasteiger partial charge in [-0.3, -0.25) is 9.48 Å². The number of aromatic nitrogens is 2. The molecule has 6 heteroatoms. The molecule has 0 unspecified atom stereocenters. The lowest BCUT2D eigenvalue weighted by atomic mass is 10.0. The van der Waals surface area contributed by atoms with Gasteiger partial charge < -0.3 is 10.1 Å². The van der Waals surface area contributed by atoms with Crippen LogP contribution in [0, 0.1) is 19.8 Å². The standard InChI is InChI=1S/C19H26ClN3O2/c1-11(2)10-23-18(20)17(14(5)22-23)19(24)21-13(4)15-9-12(3)7-8-16(15)25-6/h7-9,11,13H,10H2,1-6H3,(H,21,24)/t13-/m1/s1. The maximum absolute atomic E-state index is 12.8. The van der Waals surface area contributed by atoms with E-state index < -0.39 is 0 Å².